The van der Waals surface area contributed by atoms with Gasteiger partial charge in [0.05, 0.1) is 0 Å². The molecule has 25 heavy (non-hydrogen) atoms. The number of hydrogen-bond acceptors (Lipinski definition) is 4. The maximum absolute atomic E-state index is 13.5. The number of nitrogens with one attached hydrogen (secondary N) is 2. The second kappa shape index (κ2) is 7.53. The van der Waals surface area contributed by atoms with Gasteiger partial charge in [0.25, 0.3) is 15.9 Å². The average molecular weight is 374 g/mol. The van der Waals surface area contributed by atoms with Crippen molar-refractivity contribution in [2.75, 3.05) is 0 Å². The van der Waals surface area contributed by atoms with Crippen LogP contribution in [-0.4, -0.2) is 20.4 Å². The van der Waals surface area contributed by atoms with E-state index in [0.717, 1.165) is 12.1 Å². The zero-order chi connectivity index (χ0) is 18.6. The summed E-state index contributed by atoms with van der Waals surface area (Å²) in [5, 5.41) is 0. The van der Waals surface area contributed by atoms with Crippen LogP contribution in [0.2, 0.25) is 0 Å². The molecule has 134 valence electrons. The molecule has 0 aliphatic carbocycles. The van der Waals surface area contributed by atoms with E-state index in [1.165, 1.54) is 25.1 Å². The van der Waals surface area contributed by atoms with Crippen molar-refractivity contribution in [1.29, 1.82) is 0 Å². The number of carbonyl (C=O) groups is 1. The second-order valence-corrected chi connectivity index (χ2v) is 6.51. The number of sulfonamides is 1. The molecule has 2 rings (SSSR count). The lowest BCUT2D eigenvalue weighted by Crippen LogP contribution is -2.47. The maximum atomic E-state index is 13.5. The van der Waals surface area contributed by atoms with Gasteiger partial charge in [-0.1, -0.05) is 12.1 Å². The van der Waals surface area contributed by atoms with Gasteiger partial charge in [-0.25, -0.2) is 21.6 Å². The number of ether oxygens (including phenoxy) is 1. The Balaban J connectivity index is 2.03. The standard InChI is InChI=1S/C15H13F3N2O4S/c1-9(24-13-5-3-2-4-11(13)17)15(21)19-20-25(22,23)14-8-10(16)6-7-12(14)18/h2-9,20H,1H3,(H,19,21)/t9-/m1/s1. The van der Waals surface area contributed by atoms with Crippen molar-refractivity contribution in [3.63, 3.8) is 0 Å². The molecule has 1 amide bonds. The van der Waals surface area contributed by atoms with Gasteiger partial charge in [0.15, 0.2) is 17.7 Å². The molecule has 0 heterocycles. The Hall–Kier alpha value is -2.59. The SMILES string of the molecule is C[C@@H](Oc1ccccc1F)C(=O)NNS(=O)(=O)c1cc(F)ccc1F. The van der Waals surface area contributed by atoms with Crippen molar-refractivity contribution in [2.24, 2.45) is 0 Å². The van der Waals surface area contributed by atoms with E-state index < -0.39 is 44.4 Å². The van der Waals surface area contributed by atoms with Crippen LogP contribution in [0.15, 0.2) is 47.4 Å². The highest BCUT2D eigenvalue weighted by Crippen LogP contribution is 2.17. The van der Waals surface area contributed by atoms with Crippen molar-refractivity contribution in [1.82, 2.24) is 10.3 Å². The molecule has 6 nitrogen and oxygen atoms in total. The number of carbonyl (C=O) groups excluding carboxylic acids is 1. The summed E-state index contributed by atoms with van der Waals surface area (Å²) in [6, 6.07) is 7.16. The third-order valence-corrected chi connectivity index (χ3v) is 4.26. The van der Waals surface area contributed by atoms with E-state index in [1.807, 2.05) is 0 Å². The number of amides is 1. The number of para-hydroxylation sites is 1. The van der Waals surface area contributed by atoms with Gasteiger partial charge in [0.2, 0.25) is 0 Å². The van der Waals surface area contributed by atoms with Crippen molar-refractivity contribution in [3.05, 3.63) is 59.9 Å². The summed E-state index contributed by atoms with van der Waals surface area (Å²) >= 11 is 0. The van der Waals surface area contributed by atoms with Gasteiger partial charge in [-0.05, 0) is 37.3 Å². The Labute approximate surface area is 141 Å². The molecular weight excluding hydrogens is 361 g/mol. The van der Waals surface area contributed by atoms with Gasteiger partial charge < -0.3 is 4.74 Å². The van der Waals surface area contributed by atoms with Gasteiger partial charge in [0.1, 0.15) is 16.5 Å². The lowest BCUT2D eigenvalue weighted by Gasteiger charge is -2.15. The first-order valence-electron chi connectivity index (χ1n) is 6.88. The molecule has 0 spiro atoms. The first-order valence-corrected chi connectivity index (χ1v) is 8.37. The topological polar surface area (TPSA) is 84.5 Å². The molecule has 1 atom stereocenters. The van der Waals surface area contributed by atoms with Crippen LogP contribution in [0.3, 0.4) is 0 Å². The van der Waals surface area contributed by atoms with Gasteiger partial charge in [-0.15, -0.1) is 4.83 Å². The molecule has 0 saturated carbocycles. The van der Waals surface area contributed by atoms with Crippen molar-refractivity contribution >= 4 is 15.9 Å². The molecule has 0 unspecified atom stereocenters. The van der Waals surface area contributed by atoms with Crippen LogP contribution >= 0.6 is 0 Å². The molecule has 2 aromatic rings. The monoisotopic (exact) mass is 374 g/mol. The predicted octanol–water partition coefficient (Wildman–Crippen LogP) is 1.88. The fourth-order valence-corrected chi connectivity index (χ4v) is 2.68. The van der Waals surface area contributed by atoms with Crippen LogP contribution in [0.25, 0.3) is 0 Å². The van der Waals surface area contributed by atoms with Crippen LogP contribution in [0.1, 0.15) is 6.92 Å². The van der Waals surface area contributed by atoms with Crippen molar-refractivity contribution in [2.45, 2.75) is 17.9 Å². The summed E-state index contributed by atoms with van der Waals surface area (Å²) < 4.78 is 68.9. The van der Waals surface area contributed by atoms with Crippen LogP contribution in [0.4, 0.5) is 13.2 Å². The highest BCUT2D eigenvalue weighted by Gasteiger charge is 2.23. The van der Waals surface area contributed by atoms with E-state index in [-0.39, 0.29) is 5.75 Å². The van der Waals surface area contributed by atoms with Crippen LogP contribution in [0.5, 0.6) is 5.75 Å². The summed E-state index contributed by atoms with van der Waals surface area (Å²) in [5.41, 5.74) is 1.79. The fraction of sp³-hybridized carbons (Fsp3) is 0.133. The van der Waals surface area contributed by atoms with E-state index >= 15 is 0 Å². The van der Waals surface area contributed by atoms with Crippen LogP contribution in [-0.2, 0) is 14.8 Å². The second-order valence-electron chi connectivity index (χ2n) is 4.86. The quantitative estimate of drug-likeness (QED) is 0.757. The fourth-order valence-electron chi connectivity index (χ4n) is 1.74. The summed E-state index contributed by atoms with van der Waals surface area (Å²) in [5.74, 6) is -4.04. The third-order valence-electron chi connectivity index (χ3n) is 3.00. The highest BCUT2D eigenvalue weighted by molar-refractivity contribution is 7.89. The predicted molar refractivity (Wildman–Crippen MR) is 81.3 cm³/mol. The lowest BCUT2D eigenvalue weighted by atomic mass is 10.3. The van der Waals surface area contributed by atoms with Crippen molar-refractivity contribution in [3.8, 4) is 5.75 Å². The van der Waals surface area contributed by atoms with Gasteiger partial charge in [-0.2, -0.15) is 0 Å². The van der Waals surface area contributed by atoms with Crippen molar-refractivity contribution < 1.29 is 31.1 Å². The Morgan fingerprint density at radius 1 is 1.08 bits per heavy atom. The molecular formula is C15H13F3N2O4S. The van der Waals surface area contributed by atoms with E-state index in [9.17, 15) is 26.4 Å². The van der Waals surface area contributed by atoms with Gasteiger partial charge >= 0.3 is 0 Å². The van der Waals surface area contributed by atoms with E-state index in [4.69, 9.17) is 4.74 Å². The molecule has 0 aromatic heterocycles. The molecule has 0 aliphatic heterocycles. The summed E-state index contributed by atoms with van der Waals surface area (Å²) in [7, 11) is -4.55. The normalized spacial score (nSPS) is 12.5. The minimum Gasteiger partial charge on any atom is -0.478 e. The molecule has 0 radical (unpaired) electrons. The smallest absolute Gasteiger partial charge is 0.275 e. The van der Waals surface area contributed by atoms with Gasteiger partial charge in [-0.3, -0.25) is 10.2 Å². The zero-order valence-corrected chi connectivity index (χ0v) is 13.6. The first-order chi connectivity index (χ1) is 11.7. The van der Waals surface area contributed by atoms with E-state index in [2.05, 4.69) is 0 Å². The number of halogens is 3. The van der Waals surface area contributed by atoms with Crippen LogP contribution in [0, 0.1) is 17.5 Å². The molecule has 0 fully saturated rings. The average Bonchev–Trinajstić information content (AvgIpc) is 2.56. The van der Waals surface area contributed by atoms with Gasteiger partial charge in [0, 0.05) is 0 Å². The molecule has 2 N–H and O–H groups in total. The molecule has 0 saturated heterocycles. The number of rotatable bonds is 6. The van der Waals surface area contributed by atoms with Crippen LogP contribution < -0.4 is 15.0 Å². The summed E-state index contributed by atoms with van der Waals surface area (Å²) in [6.45, 7) is 1.25. The number of hydrazine groups is 1. The largest absolute Gasteiger partial charge is 0.478 e. The lowest BCUT2D eigenvalue weighted by molar-refractivity contribution is -0.127. The number of hydrogen-bond donors (Lipinski definition) is 2. The Kier molecular flexibility index (Phi) is 5.65. The number of benzene rings is 2. The van der Waals surface area contributed by atoms with E-state index in [0.29, 0.717) is 12.1 Å². The minimum atomic E-state index is -4.55. The molecule has 0 bridgehead atoms. The third kappa shape index (κ3) is 4.70. The maximum Gasteiger partial charge on any atom is 0.275 e. The first kappa shape index (κ1) is 18.7. The highest BCUT2D eigenvalue weighted by atomic mass is 32.2. The molecule has 0 aliphatic rings. The zero-order valence-electron chi connectivity index (χ0n) is 12.8. The molecule has 2 aromatic carbocycles. The Bertz CT molecular complexity index is 890. The summed E-state index contributed by atoms with van der Waals surface area (Å²) in [4.78, 5) is 12.5. The Morgan fingerprint density at radius 3 is 2.44 bits per heavy atom. The minimum absolute atomic E-state index is 0.204. The Morgan fingerprint density at radius 2 is 1.76 bits per heavy atom. The van der Waals surface area contributed by atoms with E-state index in [1.54, 1.807) is 10.3 Å². The molecule has 10 heteroatoms. The summed E-state index contributed by atoms with van der Waals surface area (Å²) in [6.07, 6.45) is -1.27.